The summed E-state index contributed by atoms with van der Waals surface area (Å²) < 4.78 is 0. The summed E-state index contributed by atoms with van der Waals surface area (Å²) in [4.78, 5) is 0. The Bertz CT molecular complexity index is 718. The van der Waals surface area contributed by atoms with Gasteiger partial charge in [0.25, 0.3) is 0 Å². The van der Waals surface area contributed by atoms with Crippen LogP contribution in [-0.2, 0) is 0 Å². The predicted octanol–water partition coefficient (Wildman–Crippen LogP) is 10.3. The zero-order chi connectivity index (χ0) is 23.7. The smallest absolute Gasteiger partial charge is 0.0264 e. The van der Waals surface area contributed by atoms with Crippen LogP contribution in [0.25, 0.3) is 0 Å². The summed E-state index contributed by atoms with van der Waals surface area (Å²) in [5.74, 6) is 9.36. The largest absolute Gasteiger partial charge is 0.0625 e. The minimum absolute atomic E-state index is 0.659. The van der Waals surface area contributed by atoms with Gasteiger partial charge in [-0.1, -0.05) is 47.5 Å². The van der Waals surface area contributed by atoms with E-state index in [9.17, 15) is 0 Å². The summed E-state index contributed by atoms with van der Waals surface area (Å²) in [6.45, 7) is 13.5. The zero-order valence-corrected chi connectivity index (χ0v) is 23.7. The first-order chi connectivity index (χ1) is 16.2. The molecule has 0 heteroatoms. The second-order valence-corrected chi connectivity index (χ2v) is 16.4. The van der Waals surface area contributed by atoms with Crippen LogP contribution < -0.4 is 0 Å². The van der Waals surface area contributed by atoms with E-state index in [-0.39, 0.29) is 0 Å². The Morgan fingerprint density at radius 1 is 0.735 bits per heavy atom. The lowest BCUT2D eigenvalue weighted by atomic mass is 9.44. The first-order valence-corrected chi connectivity index (χ1v) is 16.2. The first-order valence-electron chi connectivity index (χ1n) is 16.2. The quantitative estimate of drug-likeness (QED) is 0.386. The number of hydrogen-bond acceptors (Lipinski definition) is 0. The maximum atomic E-state index is 2.80. The normalized spacial score (nSPS) is 55.7. The zero-order valence-electron chi connectivity index (χ0n) is 23.7. The van der Waals surface area contributed by atoms with Gasteiger partial charge in [0.15, 0.2) is 0 Å². The molecule has 0 aliphatic heterocycles. The van der Waals surface area contributed by atoms with Crippen molar-refractivity contribution in [2.24, 2.45) is 69.5 Å². The van der Waals surface area contributed by atoms with Crippen molar-refractivity contribution in [1.29, 1.82) is 0 Å². The van der Waals surface area contributed by atoms with Crippen molar-refractivity contribution in [3.8, 4) is 0 Å². The lowest BCUT2D eigenvalue weighted by Gasteiger charge is -2.61. The van der Waals surface area contributed by atoms with Crippen molar-refractivity contribution in [1.82, 2.24) is 0 Å². The van der Waals surface area contributed by atoms with Gasteiger partial charge in [-0.2, -0.15) is 0 Å². The molecule has 0 saturated heterocycles. The summed E-state index contributed by atoms with van der Waals surface area (Å²) in [5, 5.41) is 0. The van der Waals surface area contributed by atoms with Gasteiger partial charge in [0.1, 0.15) is 0 Å². The third-order valence-corrected chi connectivity index (χ3v) is 14.2. The van der Waals surface area contributed by atoms with Gasteiger partial charge in [0.2, 0.25) is 0 Å². The molecule has 6 rings (SSSR count). The lowest BCUT2D eigenvalue weighted by molar-refractivity contribution is -0.114. The molecular formula is C34H58. The van der Waals surface area contributed by atoms with Crippen molar-refractivity contribution >= 4 is 0 Å². The highest BCUT2D eigenvalue weighted by molar-refractivity contribution is 5.09. The maximum absolute atomic E-state index is 2.80. The number of hydrogen-bond donors (Lipinski definition) is 0. The second-order valence-electron chi connectivity index (χ2n) is 16.4. The molecule has 10 atom stereocenters. The van der Waals surface area contributed by atoms with Crippen LogP contribution in [0.4, 0.5) is 0 Å². The van der Waals surface area contributed by atoms with Crippen LogP contribution >= 0.6 is 0 Å². The maximum Gasteiger partial charge on any atom is -0.0264 e. The van der Waals surface area contributed by atoms with Crippen LogP contribution in [0.5, 0.6) is 0 Å². The van der Waals surface area contributed by atoms with Gasteiger partial charge < -0.3 is 0 Å². The molecule has 0 nitrogen and oxygen atoms in total. The summed E-state index contributed by atoms with van der Waals surface area (Å²) in [6, 6.07) is 0. The molecule has 34 heavy (non-hydrogen) atoms. The highest BCUT2D eigenvalue weighted by Gasteiger charge is 2.60. The van der Waals surface area contributed by atoms with Crippen molar-refractivity contribution in [3.63, 3.8) is 0 Å². The molecule has 6 aliphatic carbocycles. The van der Waals surface area contributed by atoms with Gasteiger partial charge in [0, 0.05) is 0 Å². The molecule has 6 saturated carbocycles. The van der Waals surface area contributed by atoms with Crippen molar-refractivity contribution in [3.05, 3.63) is 0 Å². The van der Waals surface area contributed by atoms with Crippen molar-refractivity contribution in [2.45, 2.75) is 144 Å². The standard InChI is InChI=1S/C34H58/c1-23-18-25-20-26(19-23)22-32(3,21-25)16-13-24(2)29-11-12-30-28-10-9-27-8-6-7-15-33(27,4)31(28)14-17-34(29,30)5/h23-31H,6-22H2,1-5H3. The molecule has 194 valence electrons. The predicted molar refractivity (Wildman–Crippen MR) is 146 cm³/mol. The third kappa shape index (κ3) is 3.97. The van der Waals surface area contributed by atoms with E-state index < -0.39 is 0 Å². The van der Waals surface area contributed by atoms with Crippen molar-refractivity contribution < 1.29 is 0 Å². The summed E-state index contributed by atoms with van der Waals surface area (Å²) in [6.07, 6.45) is 26.4. The van der Waals surface area contributed by atoms with Crippen LogP contribution in [-0.4, -0.2) is 0 Å². The molecule has 0 aromatic rings. The highest BCUT2D eigenvalue weighted by Crippen LogP contribution is 2.68. The molecule has 6 fully saturated rings. The Balaban J connectivity index is 1.11. The van der Waals surface area contributed by atoms with E-state index in [4.69, 9.17) is 0 Å². The molecule has 0 aromatic carbocycles. The molecule has 0 amide bonds. The molecule has 0 radical (unpaired) electrons. The molecule has 0 N–H and O–H groups in total. The number of fused-ring (bicyclic) bond motifs is 7. The molecule has 0 aromatic heterocycles. The molecule has 0 spiro atoms. The molecular weight excluding hydrogens is 408 g/mol. The SMILES string of the molecule is CC1CC2CC(C1)CC(C)(CCC(C)C1CCC3C4CCC5CCCCC5(C)C4CCC13C)C2. The van der Waals surface area contributed by atoms with E-state index in [1.807, 2.05) is 0 Å². The second kappa shape index (κ2) is 8.79. The Morgan fingerprint density at radius 3 is 2.24 bits per heavy atom. The van der Waals surface area contributed by atoms with Gasteiger partial charge in [-0.05, 0) is 166 Å². The Kier molecular flexibility index (Phi) is 6.29. The molecule has 10 unspecified atom stereocenters. The van der Waals surface area contributed by atoms with Gasteiger partial charge in [-0.3, -0.25) is 0 Å². The van der Waals surface area contributed by atoms with E-state index in [2.05, 4.69) is 34.6 Å². The van der Waals surface area contributed by atoms with E-state index >= 15 is 0 Å². The van der Waals surface area contributed by atoms with E-state index in [1.165, 1.54) is 38.5 Å². The van der Waals surface area contributed by atoms with Crippen LogP contribution in [0.15, 0.2) is 0 Å². The number of rotatable bonds is 4. The van der Waals surface area contributed by atoms with Crippen LogP contribution in [0.3, 0.4) is 0 Å². The Hall–Kier alpha value is 0. The highest BCUT2D eigenvalue weighted by atomic mass is 14.6. The summed E-state index contributed by atoms with van der Waals surface area (Å²) >= 11 is 0. The fourth-order valence-electron chi connectivity index (χ4n) is 13.0. The van der Waals surface area contributed by atoms with Crippen molar-refractivity contribution in [2.75, 3.05) is 0 Å². The third-order valence-electron chi connectivity index (χ3n) is 14.2. The Labute approximate surface area is 213 Å². The lowest BCUT2D eigenvalue weighted by Crippen LogP contribution is -2.53. The molecule has 2 bridgehead atoms. The van der Waals surface area contributed by atoms with Gasteiger partial charge in [-0.25, -0.2) is 0 Å². The van der Waals surface area contributed by atoms with E-state index in [0.717, 1.165) is 53.3 Å². The molecule has 6 aliphatic rings. The van der Waals surface area contributed by atoms with Gasteiger partial charge >= 0.3 is 0 Å². The van der Waals surface area contributed by atoms with E-state index in [0.29, 0.717) is 16.2 Å². The fraction of sp³-hybridized carbons (Fsp3) is 1.00. The van der Waals surface area contributed by atoms with Crippen LogP contribution in [0.2, 0.25) is 0 Å². The van der Waals surface area contributed by atoms with E-state index in [1.54, 1.807) is 70.6 Å². The average molecular weight is 467 g/mol. The van der Waals surface area contributed by atoms with Gasteiger partial charge in [-0.15, -0.1) is 0 Å². The summed E-state index contributed by atoms with van der Waals surface area (Å²) in [7, 11) is 0. The van der Waals surface area contributed by atoms with Gasteiger partial charge in [0.05, 0.1) is 0 Å². The Morgan fingerprint density at radius 2 is 1.47 bits per heavy atom. The minimum atomic E-state index is 0.659. The molecule has 0 heterocycles. The first kappa shape index (κ1) is 24.3. The van der Waals surface area contributed by atoms with Crippen LogP contribution in [0.1, 0.15) is 144 Å². The topological polar surface area (TPSA) is 0 Å². The summed E-state index contributed by atoms with van der Waals surface area (Å²) in [5.41, 5.74) is 2.03. The van der Waals surface area contributed by atoms with Crippen LogP contribution in [0, 0.1) is 69.5 Å². The fourth-order valence-corrected chi connectivity index (χ4v) is 13.0. The average Bonchev–Trinajstić information content (AvgIpc) is 3.13. The minimum Gasteiger partial charge on any atom is -0.0625 e. The monoisotopic (exact) mass is 466 g/mol.